The average Bonchev–Trinajstić information content (AvgIpc) is 3.31. The molecule has 0 aromatic heterocycles. The number of carboxylic acids is 1. The molecule has 230 valence electrons. The largest absolute Gasteiger partial charge is 0.497 e. The van der Waals surface area contributed by atoms with Crippen molar-refractivity contribution >= 4 is 68.1 Å². The molecule has 11 heteroatoms. The Morgan fingerprint density at radius 2 is 1.69 bits per heavy atom. The maximum Gasteiger partial charge on any atom is 0.335 e. The van der Waals surface area contributed by atoms with Gasteiger partial charge in [-0.2, -0.15) is 0 Å². The van der Waals surface area contributed by atoms with E-state index in [0.717, 1.165) is 15.6 Å². The fourth-order valence-corrected chi connectivity index (χ4v) is 5.93. The summed E-state index contributed by atoms with van der Waals surface area (Å²) < 4.78 is 18.2. The summed E-state index contributed by atoms with van der Waals surface area (Å²) in [6, 6.07) is 24.9. The lowest BCUT2D eigenvalue weighted by Gasteiger charge is -2.16. The highest BCUT2D eigenvalue weighted by molar-refractivity contribution is 9.10. The lowest BCUT2D eigenvalue weighted by Crippen LogP contribution is -2.28. The first-order valence-electron chi connectivity index (χ1n) is 13.8. The second-order valence-corrected chi connectivity index (χ2v) is 12.1. The first kappa shape index (κ1) is 32.2. The van der Waals surface area contributed by atoms with Gasteiger partial charge in [-0.05, 0) is 102 Å². The zero-order valence-corrected chi connectivity index (χ0v) is 27.5. The zero-order valence-electron chi connectivity index (χ0n) is 24.3. The number of amides is 1. The SMILES string of the molecule is CCOc1cc(/C=C2\SC(=Nc3ccc(OC)cc3)N(Cc3ccc(C(=O)O)cc3)C2=O)cc(Cl)c1OCc1ccc(Br)cc1. The molecule has 4 aromatic carbocycles. The number of hydrogen-bond donors (Lipinski definition) is 1. The van der Waals surface area contributed by atoms with Crippen LogP contribution < -0.4 is 14.2 Å². The zero-order chi connectivity index (χ0) is 31.9. The number of carbonyl (C=O) groups is 2. The van der Waals surface area contributed by atoms with Crippen molar-refractivity contribution in [1.82, 2.24) is 4.90 Å². The molecule has 0 spiro atoms. The van der Waals surface area contributed by atoms with E-state index in [0.29, 0.717) is 56.8 Å². The number of carbonyl (C=O) groups excluding carboxylic acids is 1. The first-order valence-corrected chi connectivity index (χ1v) is 15.8. The van der Waals surface area contributed by atoms with E-state index in [4.69, 9.17) is 30.8 Å². The number of aliphatic imine (C=N–C) groups is 1. The summed E-state index contributed by atoms with van der Waals surface area (Å²) in [5.74, 6) is 0.306. The van der Waals surface area contributed by atoms with Crippen molar-refractivity contribution in [2.24, 2.45) is 4.99 Å². The Bertz CT molecular complexity index is 1760. The molecule has 1 heterocycles. The summed E-state index contributed by atoms with van der Waals surface area (Å²) >= 11 is 11.4. The highest BCUT2D eigenvalue weighted by Crippen LogP contribution is 2.40. The number of amidine groups is 1. The molecule has 0 radical (unpaired) electrons. The number of benzene rings is 4. The molecule has 1 aliphatic heterocycles. The standard InChI is InChI=1S/C34H28BrClN2O6S/c1-3-43-29-17-23(16-28(36)31(29)44-20-22-6-10-25(35)11-7-22)18-30-32(39)38(19-21-4-8-24(9-5-21)33(40)41)34(45-30)37-26-12-14-27(42-2)15-13-26/h4-18H,3,19-20H2,1-2H3,(H,40,41)/b30-18-,37-34?. The third-order valence-corrected chi connectivity index (χ3v) is 8.47. The van der Waals surface area contributed by atoms with Crippen LogP contribution in [0.15, 0.2) is 99.3 Å². The predicted molar refractivity (Wildman–Crippen MR) is 181 cm³/mol. The molecule has 1 N–H and O–H groups in total. The van der Waals surface area contributed by atoms with E-state index < -0.39 is 5.97 Å². The Kier molecular flexibility index (Phi) is 10.5. The maximum atomic E-state index is 13.8. The van der Waals surface area contributed by atoms with E-state index in [1.807, 2.05) is 31.2 Å². The van der Waals surface area contributed by atoms with Gasteiger partial charge >= 0.3 is 5.97 Å². The molecule has 0 bridgehead atoms. The number of thioether (sulfide) groups is 1. The Morgan fingerprint density at radius 3 is 2.33 bits per heavy atom. The van der Waals surface area contributed by atoms with Gasteiger partial charge in [0.15, 0.2) is 16.7 Å². The fraction of sp³-hybridized carbons (Fsp3) is 0.147. The second-order valence-electron chi connectivity index (χ2n) is 9.77. The van der Waals surface area contributed by atoms with Crippen molar-refractivity contribution in [3.05, 3.63) is 122 Å². The van der Waals surface area contributed by atoms with Crippen LogP contribution in [0.25, 0.3) is 6.08 Å². The van der Waals surface area contributed by atoms with Crippen LogP contribution in [-0.4, -0.2) is 40.8 Å². The van der Waals surface area contributed by atoms with E-state index in [9.17, 15) is 14.7 Å². The minimum Gasteiger partial charge on any atom is -0.497 e. The monoisotopic (exact) mass is 706 g/mol. The highest BCUT2D eigenvalue weighted by atomic mass is 79.9. The Labute approximate surface area is 278 Å². The Hall–Kier alpha value is -4.25. The van der Waals surface area contributed by atoms with Gasteiger partial charge in [0.2, 0.25) is 0 Å². The van der Waals surface area contributed by atoms with Crippen LogP contribution in [0.5, 0.6) is 17.2 Å². The molecule has 0 atom stereocenters. The molecular weight excluding hydrogens is 680 g/mol. The quantitative estimate of drug-likeness (QED) is 0.156. The minimum atomic E-state index is -1.02. The first-order chi connectivity index (χ1) is 21.7. The molecule has 1 fully saturated rings. The fourth-order valence-electron chi connectivity index (χ4n) is 4.40. The summed E-state index contributed by atoms with van der Waals surface area (Å²) in [5, 5.41) is 10.1. The van der Waals surface area contributed by atoms with Gasteiger partial charge in [-0.3, -0.25) is 9.69 Å². The predicted octanol–water partition coefficient (Wildman–Crippen LogP) is 8.59. The lowest BCUT2D eigenvalue weighted by molar-refractivity contribution is -0.122. The highest BCUT2D eigenvalue weighted by Gasteiger charge is 2.34. The molecule has 0 aliphatic carbocycles. The Morgan fingerprint density at radius 1 is 1.00 bits per heavy atom. The minimum absolute atomic E-state index is 0.167. The molecule has 45 heavy (non-hydrogen) atoms. The number of methoxy groups -OCH3 is 1. The molecule has 1 amide bonds. The van der Waals surface area contributed by atoms with Gasteiger partial charge in [-0.25, -0.2) is 9.79 Å². The van der Waals surface area contributed by atoms with Crippen LogP contribution in [-0.2, 0) is 17.9 Å². The summed E-state index contributed by atoms with van der Waals surface area (Å²) in [6.45, 7) is 2.77. The van der Waals surface area contributed by atoms with Crippen molar-refractivity contribution in [1.29, 1.82) is 0 Å². The van der Waals surface area contributed by atoms with Gasteiger partial charge in [0.1, 0.15) is 12.4 Å². The van der Waals surface area contributed by atoms with E-state index in [1.54, 1.807) is 66.6 Å². The third-order valence-electron chi connectivity index (χ3n) is 6.65. The summed E-state index contributed by atoms with van der Waals surface area (Å²) in [6.07, 6.45) is 1.75. The topological polar surface area (TPSA) is 97.7 Å². The molecular formula is C34H28BrClN2O6S. The van der Waals surface area contributed by atoms with Crippen LogP contribution >= 0.6 is 39.3 Å². The van der Waals surface area contributed by atoms with Crippen molar-refractivity contribution in [2.75, 3.05) is 13.7 Å². The summed E-state index contributed by atoms with van der Waals surface area (Å²) in [7, 11) is 1.59. The molecule has 4 aromatic rings. The number of hydrogen-bond acceptors (Lipinski definition) is 7. The van der Waals surface area contributed by atoms with Crippen LogP contribution in [0.4, 0.5) is 5.69 Å². The van der Waals surface area contributed by atoms with Crippen molar-refractivity contribution in [3.8, 4) is 17.2 Å². The number of aromatic carboxylic acids is 1. The van der Waals surface area contributed by atoms with E-state index >= 15 is 0 Å². The van der Waals surface area contributed by atoms with Crippen molar-refractivity contribution < 1.29 is 28.9 Å². The van der Waals surface area contributed by atoms with Gasteiger partial charge in [0.25, 0.3) is 5.91 Å². The van der Waals surface area contributed by atoms with Gasteiger partial charge in [-0.1, -0.05) is 51.8 Å². The smallest absolute Gasteiger partial charge is 0.335 e. The summed E-state index contributed by atoms with van der Waals surface area (Å²) in [4.78, 5) is 31.9. The van der Waals surface area contributed by atoms with E-state index in [2.05, 4.69) is 15.9 Å². The molecule has 8 nitrogen and oxygen atoms in total. The number of ether oxygens (including phenoxy) is 3. The molecule has 1 aliphatic rings. The van der Waals surface area contributed by atoms with Crippen LogP contribution in [0.2, 0.25) is 5.02 Å². The van der Waals surface area contributed by atoms with Gasteiger partial charge in [-0.15, -0.1) is 0 Å². The molecule has 5 rings (SSSR count). The van der Waals surface area contributed by atoms with Crippen molar-refractivity contribution in [2.45, 2.75) is 20.1 Å². The average molecular weight is 708 g/mol. The van der Waals surface area contributed by atoms with Crippen LogP contribution in [0.3, 0.4) is 0 Å². The van der Waals surface area contributed by atoms with Gasteiger partial charge < -0.3 is 19.3 Å². The number of rotatable bonds is 11. The third kappa shape index (κ3) is 8.08. The molecule has 1 saturated heterocycles. The molecule has 0 unspecified atom stereocenters. The second kappa shape index (κ2) is 14.7. The van der Waals surface area contributed by atoms with E-state index in [-0.39, 0.29) is 18.0 Å². The number of halogens is 2. The van der Waals surface area contributed by atoms with E-state index in [1.165, 1.54) is 23.9 Å². The normalized spacial score (nSPS) is 14.7. The lowest BCUT2D eigenvalue weighted by atomic mass is 10.1. The number of carboxylic acid groups (broad SMARTS) is 1. The maximum absolute atomic E-state index is 13.8. The van der Waals surface area contributed by atoms with Crippen LogP contribution in [0.1, 0.15) is 34.0 Å². The van der Waals surface area contributed by atoms with Gasteiger partial charge in [0.05, 0.1) is 41.4 Å². The molecule has 0 saturated carbocycles. The summed E-state index contributed by atoms with van der Waals surface area (Å²) in [5.41, 5.74) is 3.20. The van der Waals surface area contributed by atoms with Crippen molar-refractivity contribution in [3.63, 3.8) is 0 Å². The van der Waals surface area contributed by atoms with Gasteiger partial charge in [0, 0.05) is 4.47 Å². The van der Waals surface area contributed by atoms with Crippen LogP contribution in [0, 0.1) is 0 Å². The Balaban J connectivity index is 1.45. The number of nitrogens with zero attached hydrogens (tertiary/aromatic N) is 2.